The molecule has 0 unspecified atom stereocenters. The van der Waals surface area contributed by atoms with Crippen LogP contribution < -0.4 is 5.32 Å². The summed E-state index contributed by atoms with van der Waals surface area (Å²) in [5.41, 5.74) is 1.23. The summed E-state index contributed by atoms with van der Waals surface area (Å²) in [5.74, 6) is -1.33. The number of hydrogen-bond acceptors (Lipinski definition) is 3. The Morgan fingerprint density at radius 2 is 2.05 bits per heavy atom. The van der Waals surface area contributed by atoms with Crippen LogP contribution in [0, 0.1) is 12.7 Å². The number of carbonyl (C=O) groups excluding carboxylic acids is 1. The molecule has 0 atom stereocenters. The lowest BCUT2D eigenvalue weighted by atomic mass is 10.1. The maximum absolute atomic E-state index is 13.0. The molecule has 106 valence electrons. The van der Waals surface area contributed by atoms with Crippen LogP contribution in [0.5, 0.6) is 0 Å². The highest BCUT2D eigenvalue weighted by atomic mass is 32.2. The Morgan fingerprint density at radius 3 is 2.63 bits per heavy atom. The number of nitrogens with one attached hydrogen (secondary N) is 1. The topological polar surface area (TPSA) is 63.2 Å². The van der Waals surface area contributed by atoms with Crippen LogP contribution in [-0.2, 0) is 21.2 Å². The monoisotopic (exact) mass is 287 g/mol. The Labute approximate surface area is 112 Å². The lowest BCUT2D eigenvalue weighted by molar-refractivity contribution is -0.118. The summed E-state index contributed by atoms with van der Waals surface area (Å²) in [4.78, 5) is 11.5. The fourth-order valence-electron chi connectivity index (χ4n) is 1.65. The van der Waals surface area contributed by atoms with Gasteiger partial charge >= 0.3 is 0 Å². The highest BCUT2D eigenvalue weighted by Crippen LogP contribution is 2.08. The van der Waals surface area contributed by atoms with Crippen molar-refractivity contribution < 1.29 is 17.6 Å². The average molecular weight is 287 g/mol. The van der Waals surface area contributed by atoms with Crippen molar-refractivity contribution in [3.8, 4) is 0 Å². The quantitative estimate of drug-likeness (QED) is 0.864. The Balaban J connectivity index is 2.53. The number of carbonyl (C=O) groups is 1. The second kappa shape index (κ2) is 6.65. The van der Waals surface area contributed by atoms with E-state index >= 15 is 0 Å². The van der Waals surface area contributed by atoms with E-state index in [2.05, 4.69) is 5.32 Å². The van der Waals surface area contributed by atoms with E-state index < -0.39 is 21.5 Å². The fourth-order valence-corrected chi connectivity index (χ4v) is 2.92. The van der Waals surface area contributed by atoms with E-state index in [9.17, 15) is 17.6 Å². The lowest BCUT2D eigenvalue weighted by Crippen LogP contribution is -2.30. The van der Waals surface area contributed by atoms with E-state index in [0.29, 0.717) is 12.0 Å². The van der Waals surface area contributed by atoms with Gasteiger partial charge in [0.2, 0.25) is 5.91 Å². The minimum atomic E-state index is -3.32. The summed E-state index contributed by atoms with van der Waals surface area (Å²) in [6.07, 6.45) is 0.493. The second-order valence-corrected chi connectivity index (χ2v) is 6.64. The van der Waals surface area contributed by atoms with E-state index in [-0.39, 0.29) is 18.1 Å². The number of hydrogen-bond donors (Lipinski definition) is 1. The maximum Gasteiger partial charge on any atom is 0.235 e. The molecule has 6 heteroatoms. The second-order valence-electron chi connectivity index (χ2n) is 4.45. The zero-order valence-electron chi connectivity index (χ0n) is 11.1. The SMILES string of the molecule is CCCS(=O)(=O)CC(=O)NCc1ccc(F)c(C)c1. The van der Waals surface area contributed by atoms with Crippen LogP contribution in [-0.4, -0.2) is 25.8 Å². The Bertz CT molecular complexity index is 555. The number of benzene rings is 1. The van der Waals surface area contributed by atoms with Crippen molar-refractivity contribution in [3.05, 3.63) is 35.1 Å². The molecule has 1 aromatic rings. The molecular weight excluding hydrogens is 269 g/mol. The van der Waals surface area contributed by atoms with Gasteiger partial charge in [-0.1, -0.05) is 19.1 Å². The molecule has 1 aromatic carbocycles. The van der Waals surface area contributed by atoms with E-state index in [1.165, 1.54) is 6.07 Å². The van der Waals surface area contributed by atoms with Crippen LogP contribution in [0.15, 0.2) is 18.2 Å². The van der Waals surface area contributed by atoms with Gasteiger partial charge in [-0.25, -0.2) is 12.8 Å². The first-order valence-corrected chi connectivity index (χ1v) is 7.88. The highest BCUT2D eigenvalue weighted by molar-refractivity contribution is 7.92. The van der Waals surface area contributed by atoms with Crippen molar-refractivity contribution in [1.82, 2.24) is 5.32 Å². The molecule has 0 aromatic heterocycles. The van der Waals surface area contributed by atoms with E-state index in [1.54, 1.807) is 26.0 Å². The minimum Gasteiger partial charge on any atom is -0.351 e. The first-order valence-electron chi connectivity index (χ1n) is 6.06. The third kappa shape index (κ3) is 5.38. The van der Waals surface area contributed by atoms with Gasteiger partial charge in [0.1, 0.15) is 11.6 Å². The summed E-state index contributed by atoms with van der Waals surface area (Å²) < 4.78 is 35.9. The van der Waals surface area contributed by atoms with Gasteiger partial charge in [0.25, 0.3) is 0 Å². The van der Waals surface area contributed by atoms with Crippen LogP contribution in [0.1, 0.15) is 24.5 Å². The molecule has 0 radical (unpaired) electrons. The maximum atomic E-state index is 13.0. The first-order chi connectivity index (χ1) is 8.84. The first kappa shape index (κ1) is 15.6. The molecule has 1 N–H and O–H groups in total. The van der Waals surface area contributed by atoms with E-state index in [0.717, 1.165) is 5.56 Å². The number of aryl methyl sites for hydroxylation is 1. The molecule has 0 aliphatic heterocycles. The predicted molar refractivity (Wildman–Crippen MR) is 71.9 cm³/mol. The van der Waals surface area contributed by atoms with Crippen molar-refractivity contribution in [1.29, 1.82) is 0 Å². The van der Waals surface area contributed by atoms with Gasteiger partial charge in [-0.05, 0) is 30.5 Å². The summed E-state index contributed by atoms with van der Waals surface area (Å²) in [6.45, 7) is 3.57. The zero-order chi connectivity index (χ0) is 14.5. The Kier molecular flexibility index (Phi) is 5.47. The standard InChI is InChI=1S/C13H18FNO3S/c1-3-6-19(17,18)9-13(16)15-8-11-4-5-12(14)10(2)7-11/h4-5,7H,3,6,8-9H2,1-2H3,(H,15,16). The van der Waals surface area contributed by atoms with Crippen molar-refractivity contribution in [2.75, 3.05) is 11.5 Å². The molecule has 1 rings (SSSR count). The molecule has 4 nitrogen and oxygen atoms in total. The largest absolute Gasteiger partial charge is 0.351 e. The third-order valence-electron chi connectivity index (χ3n) is 2.58. The Morgan fingerprint density at radius 1 is 1.37 bits per heavy atom. The molecule has 1 amide bonds. The van der Waals surface area contributed by atoms with Crippen LogP contribution in [0.4, 0.5) is 4.39 Å². The highest BCUT2D eigenvalue weighted by Gasteiger charge is 2.15. The zero-order valence-corrected chi connectivity index (χ0v) is 11.9. The number of halogens is 1. The molecule has 0 saturated heterocycles. The molecule has 0 bridgehead atoms. The average Bonchev–Trinajstić information content (AvgIpc) is 2.30. The van der Waals surface area contributed by atoms with Crippen molar-refractivity contribution in [2.45, 2.75) is 26.8 Å². The van der Waals surface area contributed by atoms with Gasteiger partial charge in [-0.3, -0.25) is 4.79 Å². The number of amides is 1. The summed E-state index contributed by atoms with van der Waals surface area (Å²) in [7, 11) is -3.32. The number of rotatable bonds is 6. The fraction of sp³-hybridized carbons (Fsp3) is 0.462. The number of sulfone groups is 1. The van der Waals surface area contributed by atoms with Gasteiger partial charge in [-0.15, -0.1) is 0 Å². The molecule has 0 fully saturated rings. The molecule has 0 saturated carbocycles. The summed E-state index contributed by atoms with van der Waals surface area (Å²) in [5, 5.41) is 2.52. The smallest absolute Gasteiger partial charge is 0.235 e. The van der Waals surface area contributed by atoms with Crippen LogP contribution in [0.2, 0.25) is 0 Å². The minimum absolute atomic E-state index is 0.01000. The van der Waals surface area contributed by atoms with E-state index in [4.69, 9.17) is 0 Å². The summed E-state index contributed by atoms with van der Waals surface area (Å²) in [6, 6.07) is 4.50. The molecule has 0 heterocycles. The molecule has 0 aliphatic rings. The summed E-state index contributed by atoms with van der Waals surface area (Å²) >= 11 is 0. The van der Waals surface area contributed by atoms with E-state index in [1.807, 2.05) is 0 Å². The van der Waals surface area contributed by atoms with Gasteiger partial charge in [0, 0.05) is 6.54 Å². The molecular formula is C13H18FNO3S. The van der Waals surface area contributed by atoms with Gasteiger partial charge in [0.05, 0.1) is 5.75 Å². The van der Waals surface area contributed by atoms with Gasteiger partial charge in [-0.2, -0.15) is 0 Å². The molecule has 19 heavy (non-hydrogen) atoms. The third-order valence-corrected chi connectivity index (χ3v) is 4.31. The lowest BCUT2D eigenvalue weighted by Gasteiger charge is -2.07. The van der Waals surface area contributed by atoms with Crippen molar-refractivity contribution in [2.24, 2.45) is 0 Å². The van der Waals surface area contributed by atoms with Crippen LogP contribution in [0.3, 0.4) is 0 Å². The van der Waals surface area contributed by atoms with Crippen LogP contribution in [0.25, 0.3) is 0 Å². The Hall–Kier alpha value is -1.43. The van der Waals surface area contributed by atoms with Crippen molar-refractivity contribution in [3.63, 3.8) is 0 Å². The van der Waals surface area contributed by atoms with Gasteiger partial charge < -0.3 is 5.32 Å². The normalized spacial score (nSPS) is 11.3. The van der Waals surface area contributed by atoms with Gasteiger partial charge in [0.15, 0.2) is 9.84 Å². The molecule has 0 aliphatic carbocycles. The molecule has 0 spiro atoms. The van der Waals surface area contributed by atoms with Crippen molar-refractivity contribution >= 4 is 15.7 Å². The predicted octanol–water partition coefficient (Wildman–Crippen LogP) is 1.58. The van der Waals surface area contributed by atoms with Crippen LogP contribution >= 0.6 is 0 Å².